The van der Waals surface area contributed by atoms with Gasteiger partial charge in [0.05, 0.1) is 5.52 Å². The zero-order valence-electron chi connectivity index (χ0n) is 11.0. The Morgan fingerprint density at radius 2 is 1.90 bits per heavy atom. The van der Waals surface area contributed by atoms with Gasteiger partial charge in [0.15, 0.2) is 0 Å². The quantitative estimate of drug-likeness (QED) is 0.689. The maximum atomic E-state index is 10.7. The normalized spacial score (nSPS) is 19.1. The van der Waals surface area contributed by atoms with Crippen LogP contribution in [-0.2, 0) is 10.0 Å². The van der Waals surface area contributed by atoms with E-state index >= 15 is 0 Å². The van der Waals surface area contributed by atoms with Crippen LogP contribution in [0.4, 0.5) is 0 Å². The van der Waals surface area contributed by atoms with E-state index in [4.69, 9.17) is 5.14 Å². The number of aromatic nitrogens is 1. The third kappa shape index (κ3) is 4.24. The summed E-state index contributed by atoms with van der Waals surface area (Å²) in [5.41, 5.74) is 1.06. The SMILES string of the molecule is NS(=O)(=O)C1CNCCN1.c1ccc2ncccc2c1. The molecule has 0 saturated carbocycles. The van der Waals surface area contributed by atoms with Crippen LogP contribution < -0.4 is 15.8 Å². The minimum absolute atomic E-state index is 0.402. The molecule has 1 fully saturated rings. The smallest absolute Gasteiger partial charge is 0.226 e. The number of hydrogen-bond acceptors (Lipinski definition) is 5. The van der Waals surface area contributed by atoms with Crippen LogP contribution in [0.5, 0.6) is 0 Å². The number of rotatable bonds is 1. The molecule has 3 rings (SSSR count). The summed E-state index contributed by atoms with van der Waals surface area (Å²) in [6.45, 7) is 1.85. The first-order chi connectivity index (χ1) is 9.57. The second-order valence-corrected chi connectivity index (χ2v) is 6.18. The van der Waals surface area contributed by atoms with Gasteiger partial charge in [-0.1, -0.05) is 24.3 Å². The van der Waals surface area contributed by atoms with Crippen LogP contribution in [0.25, 0.3) is 10.9 Å². The standard InChI is InChI=1S/C9H7N.C4H11N3O2S/c1-2-6-9-8(4-1)5-3-7-10-9;5-10(8,9)4-3-6-1-2-7-4/h1-7H;4,6-7H,1-3H2,(H2,5,8,9). The van der Waals surface area contributed by atoms with Gasteiger partial charge < -0.3 is 5.32 Å². The van der Waals surface area contributed by atoms with Gasteiger partial charge in [0.2, 0.25) is 10.0 Å². The molecule has 1 aromatic heterocycles. The van der Waals surface area contributed by atoms with Crippen LogP contribution in [0.2, 0.25) is 0 Å². The van der Waals surface area contributed by atoms with Gasteiger partial charge >= 0.3 is 0 Å². The molecule has 6 nitrogen and oxygen atoms in total. The number of nitrogens with zero attached hydrogens (tertiary/aromatic N) is 1. The molecule has 2 heterocycles. The Kier molecular flexibility index (Phi) is 5.02. The van der Waals surface area contributed by atoms with E-state index in [0.29, 0.717) is 13.1 Å². The molecule has 1 saturated heterocycles. The minimum Gasteiger partial charge on any atom is -0.313 e. The molecule has 0 bridgehead atoms. The van der Waals surface area contributed by atoms with Crippen molar-refractivity contribution < 1.29 is 8.42 Å². The molecular weight excluding hydrogens is 276 g/mol. The second-order valence-electron chi connectivity index (χ2n) is 4.43. The van der Waals surface area contributed by atoms with Gasteiger partial charge in [0.1, 0.15) is 5.37 Å². The number of primary sulfonamides is 1. The maximum absolute atomic E-state index is 10.7. The molecular formula is C13H18N4O2S. The van der Waals surface area contributed by atoms with Gasteiger partial charge in [-0.3, -0.25) is 10.3 Å². The zero-order chi connectivity index (χ0) is 14.4. The topological polar surface area (TPSA) is 97.1 Å². The predicted molar refractivity (Wildman–Crippen MR) is 79.5 cm³/mol. The van der Waals surface area contributed by atoms with Gasteiger partial charge in [-0.2, -0.15) is 0 Å². The van der Waals surface area contributed by atoms with E-state index in [-0.39, 0.29) is 0 Å². The predicted octanol–water partition coefficient (Wildman–Crippen LogP) is 0.0286. The number of fused-ring (bicyclic) bond motifs is 1. The summed E-state index contributed by atoms with van der Waals surface area (Å²) in [5, 5.41) is 11.2. The number of para-hydroxylation sites is 1. The number of benzene rings is 1. The number of pyridine rings is 1. The number of sulfonamides is 1. The van der Waals surface area contributed by atoms with E-state index in [0.717, 1.165) is 12.1 Å². The second kappa shape index (κ2) is 6.76. The molecule has 7 heteroatoms. The summed E-state index contributed by atoms with van der Waals surface area (Å²) >= 11 is 0. The van der Waals surface area contributed by atoms with Crippen molar-refractivity contribution in [2.24, 2.45) is 5.14 Å². The van der Waals surface area contributed by atoms with Crippen molar-refractivity contribution in [3.05, 3.63) is 42.6 Å². The third-order valence-corrected chi connectivity index (χ3v) is 4.04. The average molecular weight is 294 g/mol. The molecule has 1 aliphatic heterocycles. The fraction of sp³-hybridized carbons (Fsp3) is 0.308. The van der Waals surface area contributed by atoms with Crippen molar-refractivity contribution in [1.82, 2.24) is 15.6 Å². The number of hydrogen-bond donors (Lipinski definition) is 3. The highest BCUT2D eigenvalue weighted by molar-refractivity contribution is 7.89. The minimum atomic E-state index is -3.40. The number of nitrogens with two attached hydrogens (primary N) is 1. The highest BCUT2D eigenvalue weighted by Crippen LogP contribution is 2.07. The Labute approximate surface area is 118 Å². The van der Waals surface area contributed by atoms with Crippen LogP contribution >= 0.6 is 0 Å². The first-order valence-corrected chi connectivity index (χ1v) is 7.94. The molecule has 1 aromatic carbocycles. The fourth-order valence-corrected chi connectivity index (χ4v) is 2.58. The summed E-state index contributed by atoms with van der Waals surface area (Å²) < 4.78 is 21.3. The van der Waals surface area contributed by atoms with Crippen LogP contribution in [0.3, 0.4) is 0 Å². The molecule has 0 radical (unpaired) electrons. The van der Waals surface area contributed by atoms with E-state index in [1.54, 1.807) is 0 Å². The van der Waals surface area contributed by atoms with E-state index < -0.39 is 15.4 Å². The lowest BCUT2D eigenvalue weighted by molar-refractivity contribution is 0.475. The van der Waals surface area contributed by atoms with E-state index in [1.165, 1.54) is 5.39 Å². The summed E-state index contributed by atoms with van der Waals surface area (Å²) in [7, 11) is -3.40. The van der Waals surface area contributed by atoms with Crippen LogP contribution in [-0.4, -0.2) is 38.4 Å². The molecule has 1 unspecified atom stereocenters. The Balaban J connectivity index is 0.000000147. The van der Waals surface area contributed by atoms with Crippen molar-refractivity contribution in [1.29, 1.82) is 0 Å². The van der Waals surface area contributed by atoms with Crippen LogP contribution in [0.15, 0.2) is 42.6 Å². The van der Waals surface area contributed by atoms with Gasteiger partial charge in [0.25, 0.3) is 0 Å². The van der Waals surface area contributed by atoms with Crippen LogP contribution in [0, 0.1) is 0 Å². The van der Waals surface area contributed by atoms with Gasteiger partial charge in [0, 0.05) is 31.2 Å². The first-order valence-electron chi connectivity index (χ1n) is 6.33. The first kappa shape index (κ1) is 14.9. The number of nitrogens with one attached hydrogen (secondary N) is 2. The molecule has 0 aliphatic carbocycles. The summed E-state index contributed by atoms with van der Waals surface area (Å²) in [6, 6.07) is 12.1. The lowest BCUT2D eigenvalue weighted by Gasteiger charge is -2.21. The molecule has 1 atom stereocenters. The molecule has 4 N–H and O–H groups in total. The zero-order valence-corrected chi connectivity index (χ0v) is 11.8. The van der Waals surface area contributed by atoms with Crippen molar-refractivity contribution in [2.75, 3.05) is 19.6 Å². The molecule has 20 heavy (non-hydrogen) atoms. The van der Waals surface area contributed by atoms with Gasteiger partial charge in [-0.15, -0.1) is 0 Å². The van der Waals surface area contributed by atoms with Gasteiger partial charge in [-0.25, -0.2) is 13.6 Å². The van der Waals surface area contributed by atoms with Crippen molar-refractivity contribution in [3.63, 3.8) is 0 Å². The average Bonchev–Trinajstić information content (AvgIpc) is 2.48. The molecule has 108 valence electrons. The fourth-order valence-electron chi connectivity index (χ4n) is 1.88. The molecule has 2 aromatic rings. The molecule has 0 amide bonds. The summed E-state index contributed by atoms with van der Waals surface area (Å²) in [5.74, 6) is 0. The highest BCUT2D eigenvalue weighted by atomic mass is 32.2. The Morgan fingerprint density at radius 3 is 2.50 bits per heavy atom. The van der Waals surface area contributed by atoms with Crippen molar-refractivity contribution in [2.45, 2.75) is 5.37 Å². The summed E-state index contributed by atoms with van der Waals surface area (Å²) in [6.07, 6.45) is 1.81. The van der Waals surface area contributed by atoms with Crippen molar-refractivity contribution >= 4 is 20.9 Å². The Morgan fingerprint density at radius 1 is 1.15 bits per heavy atom. The Hall–Kier alpha value is -1.54. The van der Waals surface area contributed by atoms with E-state index in [9.17, 15) is 8.42 Å². The number of piperazine rings is 1. The largest absolute Gasteiger partial charge is 0.313 e. The summed E-state index contributed by atoms with van der Waals surface area (Å²) in [4.78, 5) is 4.18. The highest BCUT2D eigenvalue weighted by Gasteiger charge is 2.22. The lowest BCUT2D eigenvalue weighted by atomic mass is 10.2. The van der Waals surface area contributed by atoms with Crippen LogP contribution in [0.1, 0.15) is 0 Å². The van der Waals surface area contributed by atoms with Crippen molar-refractivity contribution in [3.8, 4) is 0 Å². The molecule has 1 aliphatic rings. The van der Waals surface area contributed by atoms with E-state index in [1.807, 2.05) is 30.5 Å². The lowest BCUT2D eigenvalue weighted by Crippen LogP contribution is -2.54. The van der Waals surface area contributed by atoms with Gasteiger partial charge in [-0.05, 0) is 12.1 Å². The van der Waals surface area contributed by atoms with E-state index in [2.05, 4.69) is 27.8 Å². The maximum Gasteiger partial charge on any atom is 0.226 e. The Bertz CT molecular complexity index is 589. The molecule has 0 spiro atoms. The third-order valence-electron chi connectivity index (χ3n) is 2.91. The monoisotopic (exact) mass is 294 g/mol.